The summed E-state index contributed by atoms with van der Waals surface area (Å²) >= 11 is 0. The Morgan fingerprint density at radius 3 is 2.61 bits per heavy atom. The molecule has 0 heterocycles. The molecule has 0 N–H and O–H groups in total. The summed E-state index contributed by atoms with van der Waals surface area (Å²) in [4.78, 5) is 0. The molecule has 0 nitrogen and oxygen atoms in total. The molecule has 3 atom stereocenters. The van der Waals surface area contributed by atoms with Crippen LogP contribution in [0.2, 0.25) is 0 Å². The van der Waals surface area contributed by atoms with Gasteiger partial charge < -0.3 is 0 Å². The van der Waals surface area contributed by atoms with Crippen molar-refractivity contribution in [3.05, 3.63) is 106 Å². The fourth-order valence-electron chi connectivity index (χ4n) is 5.56. The van der Waals surface area contributed by atoms with Crippen molar-refractivity contribution in [2.45, 2.75) is 32.1 Å². The molecular formula is C28H26. The van der Waals surface area contributed by atoms with Crippen LogP contribution >= 0.6 is 0 Å². The van der Waals surface area contributed by atoms with Crippen molar-refractivity contribution in [1.29, 1.82) is 0 Å². The Balaban J connectivity index is 1.58. The van der Waals surface area contributed by atoms with E-state index in [4.69, 9.17) is 0 Å². The van der Waals surface area contributed by atoms with Gasteiger partial charge in [-0.05, 0) is 82.6 Å². The van der Waals surface area contributed by atoms with Crippen LogP contribution in [-0.2, 0) is 0 Å². The highest BCUT2D eigenvalue weighted by Gasteiger charge is 2.35. The van der Waals surface area contributed by atoms with Crippen LogP contribution < -0.4 is 10.4 Å². The van der Waals surface area contributed by atoms with E-state index in [-0.39, 0.29) is 0 Å². The summed E-state index contributed by atoms with van der Waals surface area (Å²) < 4.78 is 0. The quantitative estimate of drug-likeness (QED) is 0.587. The van der Waals surface area contributed by atoms with Crippen LogP contribution in [-0.4, -0.2) is 0 Å². The van der Waals surface area contributed by atoms with Gasteiger partial charge in [0.25, 0.3) is 0 Å². The molecule has 138 valence electrons. The van der Waals surface area contributed by atoms with Gasteiger partial charge in [0.1, 0.15) is 0 Å². The Morgan fingerprint density at radius 2 is 1.68 bits per heavy atom. The Labute approximate surface area is 167 Å². The number of benzene rings is 1. The Hall–Kier alpha value is -2.60. The number of hydrogen-bond acceptors (Lipinski definition) is 0. The minimum Gasteiger partial charge on any atom is -0.0773 e. The molecule has 1 aromatic rings. The Morgan fingerprint density at radius 1 is 0.786 bits per heavy atom. The maximum Gasteiger partial charge on any atom is -0.00380 e. The lowest BCUT2D eigenvalue weighted by atomic mass is 9.65. The number of hydrogen-bond donors (Lipinski definition) is 0. The lowest BCUT2D eigenvalue weighted by Gasteiger charge is -2.39. The van der Waals surface area contributed by atoms with Crippen molar-refractivity contribution in [2.24, 2.45) is 17.8 Å². The average Bonchev–Trinajstić information content (AvgIpc) is 2.75. The summed E-state index contributed by atoms with van der Waals surface area (Å²) in [5, 5.41) is 2.90. The van der Waals surface area contributed by atoms with E-state index in [0.717, 1.165) is 6.42 Å². The fraction of sp³-hybridized carbons (Fsp3) is 0.286. The Kier molecular flexibility index (Phi) is 3.79. The first kappa shape index (κ1) is 16.4. The lowest BCUT2D eigenvalue weighted by molar-refractivity contribution is 0.286. The molecule has 0 aliphatic heterocycles. The van der Waals surface area contributed by atoms with Gasteiger partial charge in [-0.1, -0.05) is 84.5 Å². The highest BCUT2D eigenvalue weighted by atomic mass is 14.4. The van der Waals surface area contributed by atoms with Crippen LogP contribution in [0.25, 0.3) is 11.6 Å². The SMILES string of the molecule is C1=CC2=C3CCC4C=CC(=c5ccccc5=C4)C4CCC4C(=C/C=C1C3)/C=C\2. The first-order valence-electron chi connectivity index (χ1n) is 10.8. The van der Waals surface area contributed by atoms with Gasteiger partial charge in [0.05, 0.1) is 0 Å². The van der Waals surface area contributed by atoms with Crippen molar-refractivity contribution in [3.63, 3.8) is 0 Å². The topological polar surface area (TPSA) is 0 Å². The van der Waals surface area contributed by atoms with Gasteiger partial charge >= 0.3 is 0 Å². The third-order valence-corrected chi connectivity index (χ3v) is 7.32. The van der Waals surface area contributed by atoms with Crippen molar-refractivity contribution < 1.29 is 0 Å². The minimum atomic E-state index is 0.520. The third-order valence-electron chi connectivity index (χ3n) is 7.32. The molecular weight excluding hydrogens is 336 g/mol. The smallest absolute Gasteiger partial charge is 0.00380 e. The predicted molar refractivity (Wildman–Crippen MR) is 118 cm³/mol. The summed E-state index contributed by atoms with van der Waals surface area (Å²) in [7, 11) is 0. The van der Waals surface area contributed by atoms with Crippen LogP contribution in [0.4, 0.5) is 0 Å². The van der Waals surface area contributed by atoms with Gasteiger partial charge in [-0.2, -0.15) is 0 Å². The van der Waals surface area contributed by atoms with E-state index >= 15 is 0 Å². The van der Waals surface area contributed by atoms with Gasteiger partial charge in [-0.15, -0.1) is 0 Å². The third kappa shape index (κ3) is 2.66. The molecule has 0 aromatic heterocycles. The van der Waals surface area contributed by atoms with Gasteiger partial charge in [-0.3, -0.25) is 0 Å². The molecule has 7 rings (SSSR count). The Bertz CT molecular complexity index is 1140. The molecule has 28 heavy (non-hydrogen) atoms. The van der Waals surface area contributed by atoms with Crippen LogP contribution in [0.1, 0.15) is 32.1 Å². The molecule has 3 unspecified atom stereocenters. The fourth-order valence-corrected chi connectivity index (χ4v) is 5.56. The van der Waals surface area contributed by atoms with E-state index in [1.54, 1.807) is 11.1 Å². The predicted octanol–water partition coefficient (Wildman–Crippen LogP) is 5.30. The van der Waals surface area contributed by atoms with Crippen LogP contribution in [0.15, 0.2) is 95.2 Å². The molecule has 6 aliphatic carbocycles. The molecule has 1 fully saturated rings. The van der Waals surface area contributed by atoms with Gasteiger partial charge in [0.2, 0.25) is 0 Å². The monoisotopic (exact) mass is 362 g/mol. The number of fused-ring (bicyclic) bond motifs is 6. The van der Waals surface area contributed by atoms with Crippen molar-refractivity contribution in [2.75, 3.05) is 0 Å². The van der Waals surface area contributed by atoms with E-state index in [9.17, 15) is 0 Å². The maximum atomic E-state index is 2.51. The molecule has 1 saturated carbocycles. The molecule has 0 heteroatoms. The highest BCUT2D eigenvalue weighted by molar-refractivity contribution is 5.64. The second kappa shape index (κ2) is 6.48. The molecule has 6 aliphatic rings. The average molecular weight is 363 g/mol. The zero-order valence-electron chi connectivity index (χ0n) is 16.3. The highest BCUT2D eigenvalue weighted by Crippen LogP contribution is 2.46. The normalized spacial score (nSPS) is 32.9. The van der Waals surface area contributed by atoms with E-state index in [0.29, 0.717) is 17.8 Å². The molecule has 0 spiro atoms. The summed E-state index contributed by atoms with van der Waals surface area (Å²) in [6, 6.07) is 9.06. The second-order valence-corrected chi connectivity index (χ2v) is 8.87. The maximum absolute atomic E-state index is 2.51. The zero-order chi connectivity index (χ0) is 18.5. The number of rotatable bonds is 0. The summed E-state index contributed by atoms with van der Waals surface area (Å²) in [6.07, 6.45) is 27.8. The largest absolute Gasteiger partial charge is 0.0773 e. The van der Waals surface area contributed by atoms with Crippen molar-refractivity contribution in [1.82, 2.24) is 0 Å². The van der Waals surface area contributed by atoms with Gasteiger partial charge in [-0.25, -0.2) is 0 Å². The summed E-state index contributed by atoms with van der Waals surface area (Å²) in [6.45, 7) is 0. The van der Waals surface area contributed by atoms with Crippen LogP contribution in [0.3, 0.4) is 0 Å². The van der Waals surface area contributed by atoms with Gasteiger partial charge in [0, 0.05) is 0 Å². The van der Waals surface area contributed by atoms with E-state index < -0.39 is 0 Å². The first-order chi connectivity index (χ1) is 13.8. The van der Waals surface area contributed by atoms with E-state index in [1.165, 1.54) is 52.8 Å². The number of allylic oxidation sites excluding steroid dienone is 12. The second-order valence-electron chi connectivity index (χ2n) is 8.87. The standard InChI is InChI=1S/C28H26/c1-2-4-25-24(3-1)18-20-7-11-23-17-19-5-9-21(23)12-13-22(10-6-19)26-15-16-28(26)27(25)14-8-20/h1-6,8-10,12-14,18,20,26,28H,7,11,15-17H2/b13-12-,19-6?,22-10+. The van der Waals surface area contributed by atoms with E-state index in [1.807, 2.05) is 0 Å². The van der Waals surface area contributed by atoms with Crippen molar-refractivity contribution >= 4 is 11.6 Å². The molecule has 0 radical (unpaired) electrons. The van der Waals surface area contributed by atoms with Crippen LogP contribution in [0, 0.1) is 17.8 Å². The molecule has 0 saturated heterocycles. The zero-order valence-corrected chi connectivity index (χ0v) is 16.3. The minimum absolute atomic E-state index is 0.520. The molecule has 0 amide bonds. The molecule has 1 aromatic carbocycles. The van der Waals surface area contributed by atoms with Crippen LogP contribution in [0.5, 0.6) is 0 Å². The molecule has 6 bridgehead atoms. The van der Waals surface area contributed by atoms with Gasteiger partial charge in [0.15, 0.2) is 0 Å². The lowest BCUT2D eigenvalue weighted by Crippen LogP contribution is -2.35. The van der Waals surface area contributed by atoms with Crippen molar-refractivity contribution in [3.8, 4) is 0 Å². The summed E-state index contributed by atoms with van der Waals surface area (Å²) in [5.41, 5.74) is 7.59. The summed E-state index contributed by atoms with van der Waals surface area (Å²) in [5.74, 6) is 1.80. The first-order valence-corrected chi connectivity index (χ1v) is 10.8. The van der Waals surface area contributed by atoms with E-state index in [2.05, 4.69) is 78.9 Å².